The van der Waals surface area contributed by atoms with Gasteiger partial charge in [0.25, 0.3) is 0 Å². The monoisotopic (exact) mass is 1410 g/mol. The van der Waals surface area contributed by atoms with Crippen LogP contribution in [0, 0.1) is 59.0 Å². The molecule has 0 unspecified atom stereocenters. The van der Waals surface area contributed by atoms with E-state index in [0.29, 0.717) is 87.2 Å². The van der Waals surface area contributed by atoms with Crippen LogP contribution in [0.25, 0.3) is 96.2 Å². The van der Waals surface area contributed by atoms with Crippen molar-refractivity contribution in [2.75, 3.05) is 11.5 Å². The van der Waals surface area contributed by atoms with Gasteiger partial charge in [0.1, 0.15) is 56.8 Å². The van der Waals surface area contributed by atoms with Gasteiger partial charge in [0, 0.05) is 85.7 Å². The number of phenolic OH excluding ortho intramolecular Hbond substituents is 3. The number of hydrogen-bond donors (Lipinski definition) is 6. The van der Waals surface area contributed by atoms with Gasteiger partial charge in [-0.25, -0.2) is 23.1 Å². The molecule has 0 amide bonds. The summed E-state index contributed by atoms with van der Waals surface area (Å²) >= 11 is 6.78. The van der Waals surface area contributed by atoms with Crippen molar-refractivity contribution in [3.05, 3.63) is 263 Å². The molecule has 15 rings (SSSR count). The molecule has 0 fully saturated rings. The fraction of sp³-hybridized carbons (Fsp3) is 0.0769. The maximum atomic E-state index is 13.9. The molecule has 8 N–H and O–H groups in total. The molecule has 9 aromatic carbocycles. The van der Waals surface area contributed by atoms with Gasteiger partial charge in [0.05, 0.1) is 20.0 Å². The molecule has 0 radical (unpaired) electrons. The molecule has 0 aliphatic carbocycles. The summed E-state index contributed by atoms with van der Waals surface area (Å²) in [5.41, 5.74) is 23.9. The van der Waals surface area contributed by atoms with Crippen LogP contribution in [0.2, 0.25) is 0 Å². The van der Waals surface area contributed by atoms with E-state index in [0.717, 1.165) is 85.3 Å². The van der Waals surface area contributed by atoms with Crippen LogP contribution in [0.15, 0.2) is 185 Å². The van der Waals surface area contributed by atoms with Gasteiger partial charge in [0.2, 0.25) is 29.1 Å². The number of rotatable bonds is 12. The molecule has 6 heterocycles. The van der Waals surface area contributed by atoms with E-state index in [4.69, 9.17) is 15.9 Å². The molecule has 0 aliphatic rings. The summed E-state index contributed by atoms with van der Waals surface area (Å²) in [7, 11) is 0. The minimum absolute atomic E-state index is 0.0133. The number of ketones is 3. The molecule has 492 valence electrons. The second-order valence-corrected chi connectivity index (χ2v) is 28.5. The van der Waals surface area contributed by atoms with Crippen molar-refractivity contribution in [3.63, 3.8) is 0 Å². The number of aromatic nitrogens is 3. The molecule has 0 atom stereocenters. The number of carbonyl (C=O) groups excluding carboxylic acids is 3. The van der Waals surface area contributed by atoms with Crippen LogP contribution in [-0.2, 0) is 0 Å². The zero-order chi connectivity index (χ0) is 69.8. The molecule has 0 saturated carbocycles. The molecule has 99 heavy (non-hydrogen) atoms. The van der Waals surface area contributed by atoms with Crippen molar-refractivity contribution in [1.82, 2.24) is 15.0 Å². The van der Waals surface area contributed by atoms with E-state index < -0.39 is 0 Å². The third-order valence-corrected chi connectivity index (χ3v) is 21.9. The number of nitrogens with zero attached hydrogens (tertiary/aromatic N) is 3. The Bertz CT molecular complexity index is 5090. The molecule has 6 aromatic heterocycles. The lowest BCUT2D eigenvalue weighted by atomic mass is 9.93. The predicted molar refractivity (Wildman–Crippen MR) is 393 cm³/mol. The van der Waals surface area contributed by atoms with E-state index in [1.165, 1.54) is 99.3 Å². The van der Waals surface area contributed by atoms with Gasteiger partial charge in [-0.2, -0.15) is 4.98 Å². The van der Waals surface area contributed by atoms with Crippen molar-refractivity contribution in [2.45, 2.75) is 41.5 Å². The Labute approximate surface area is 584 Å². The molecule has 0 saturated heterocycles. The van der Waals surface area contributed by atoms with E-state index in [2.05, 4.69) is 15.0 Å². The lowest BCUT2D eigenvalue weighted by Gasteiger charge is -2.11. The Morgan fingerprint density at radius 3 is 0.990 bits per heavy atom. The first-order valence-corrected chi connectivity index (χ1v) is 34.8. The Morgan fingerprint density at radius 1 is 0.384 bits per heavy atom. The Hall–Kier alpha value is -11.1. The summed E-state index contributed by atoms with van der Waals surface area (Å²) in [6.07, 6.45) is 1.38. The number of fused-ring (bicyclic) bond motifs is 3. The first-order valence-electron chi connectivity index (χ1n) is 30.5. The number of nitrogens with two attached hydrogens (primary N) is 2. The number of phenols is 3. The normalized spacial score (nSPS) is 11.2. The number of thiophene rings is 3. The highest BCUT2D eigenvalue weighted by molar-refractivity contribution is 7.22. The number of carbonyl (C=O) groups is 3. The van der Waals surface area contributed by atoms with Crippen molar-refractivity contribution in [3.8, 4) is 89.1 Å². The minimum atomic E-state index is -0.370. The van der Waals surface area contributed by atoms with Gasteiger partial charge in [-0.05, 0) is 195 Å². The molecule has 15 aromatic rings. The van der Waals surface area contributed by atoms with E-state index >= 15 is 0 Å². The number of thiazole rings is 2. The van der Waals surface area contributed by atoms with Crippen LogP contribution in [-0.4, -0.2) is 52.7 Å². The zero-order valence-corrected chi connectivity index (χ0v) is 57.5. The number of oxazole rings is 1. The highest BCUT2D eigenvalue weighted by Crippen LogP contribution is 2.46. The van der Waals surface area contributed by atoms with Gasteiger partial charge in [-0.1, -0.05) is 60.7 Å². The topological polar surface area (TPSA) is 236 Å². The smallest absolute Gasteiger partial charge is 0.227 e. The van der Waals surface area contributed by atoms with E-state index in [9.17, 15) is 48.0 Å². The van der Waals surface area contributed by atoms with Crippen LogP contribution < -0.4 is 11.5 Å². The van der Waals surface area contributed by atoms with Gasteiger partial charge >= 0.3 is 0 Å². The molecule has 13 nitrogen and oxygen atoms in total. The standard InChI is InChI=1S/C26H19FN2O3S.C26H19FN2O2S2.C26H18FNO3S2/c2*1-13-9-17(27)10-14(2)22(13)24(31)25-23(19-8-7-18(30)11-20(19)33-25)15-3-5-16(6-4-15)26-29-21(28)12-32-26;1-13-9-17(27)10-14(2)22(13)24(31)25-23(19-8-7-18(29)11-20(19)33-25)15-3-5-16(6-4-15)26-28-21(30)12-32-26/h2*3-12,30H,28H2,1-2H3;3-12,29-30H,1-2H3. The molecular formula is C78H56F3N5O8S5. The average Bonchev–Trinajstić information content (AvgIpc) is 1.64. The number of aromatic hydroxyl groups is 4. The first kappa shape index (κ1) is 66.5. The third kappa shape index (κ3) is 13.3. The Morgan fingerprint density at radius 2 is 0.697 bits per heavy atom. The quantitative estimate of drug-likeness (QED) is 0.0625. The highest BCUT2D eigenvalue weighted by Gasteiger charge is 2.28. The summed E-state index contributed by atoms with van der Waals surface area (Å²) in [4.78, 5) is 55.4. The maximum Gasteiger partial charge on any atom is 0.227 e. The van der Waals surface area contributed by atoms with Gasteiger partial charge in [0.15, 0.2) is 5.82 Å². The van der Waals surface area contributed by atoms with Gasteiger partial charge < -0.3 is 36.3 Å². The SMILES string of the molecule is Cc1cc(F)cc(C)c1C(=O)c1sc2cc(O)ccc2c1-c1ccc(-c2nc(N)co2)cc1.Cc1cc(F)cc(C)c1C(=O)c1sc2cc(O)ccc2c1-c1ccc(-c2nc(N)cs2)cc1.Cc1cc(F)cc(C)c1C(=O)c1sc2cc(O)ccc2c1-c1ccc(-c2nc(O)cs2)cc1. The molecule has 0 spiro atoms. The van der Waals surface area contributed by atoms with Gasteiger partial charge in [-0.3, -0.25) is 14.4 Å². The van der Waals surface area contributed by atoms with E-state index in [1.54, 1.807) is 94.8 Å². The number of halogens is 3. The largest absolute Gasteiger partial charge is 0.508 e. The summed E-state index contributed by atoms with van der Waals surface area (Å²) < 4.78 is 49.3. The van der Waals surface area contributed by atoms with Gasteiger partial charge in [-0.15, -0.1) is 56.7 Å². The molecular weight excluding hydrogens is 1350 g/mol. The highest BCUT2D eigenvalue weighted by atomic mass is 32.1. The third-order valence-electron chi connectivity index (χ3n) is 16.6. The van der Waals surface area contributed by atoms with E-state index in [1.807, 2.05) is 84.9 Å². The second-order valence-electron chi connectivity index (χ2n) is 23.6. The number of aryl methyl sites for hydroxylation is 6. The van der Waals surface area contributed by atoms with Crippen LogP contribution in [0.4, 0.5) is 24.8 Å². The summed E-state index contributed by atoms with van der Waals surface area (Å²) in [6.45, 7) is 10.4. The fourth-order valence-electron chi connectivity index (χ4n) is 12.3. The number of nitrogen functional groups attached to an aromatic ring is 2. The summed E-state index contributed by atoms with van der Waals surface area (Å²) in [5, 5.41) is 47.0. The van der Waals surface area contributed by atoms with Crippen molar-refractivity contribution < 1.29 is 52.4 Å². The Balaban J connectivity index is 0.000000133. The fourth-order valence-corrected chi connectivity index (χ4v) is 17.3. The first-order chi connectivity index (χ1) is 47.4. The number of benzene rings is 9. The molecule has 0 aliphatic heterocycles. The average molecular weight is 1410 g/mol. The van der Waals surface area contributed by atoms with Crippen molar-refractivity contribution in [2.24, 2.45) is 0 Å². The number of hydrogen-bond acceptors (Lipinski definition) is 18. The predicted octanol–water partition coefficient (Wildman–Crippen LogP) is 20.6. The van der Waals surface area contributed by atoms with Crippen LogP contribution in [0.3, 0.4) is 0 Å². The minimum Gasteiger partial charge on any atom is -0.508 e. The van der Waals surface area contributed by atoms with E-state index in [-0.39, 0.29) is 57.9 Å². The maximum absolute atomic E-state index is 13.9. The summed E-state index contributed by atoms with van der Waals surface area (Å²) in [5.74, 6) is -0.0240. The lowest BCUT2D eigenvalue weighted by Crippen LogP contribution is -2.06. The van der Waals surface area contributed by atoms with Crippen LogP contribution in [0.1, 0.15) is 79.1 Å². The van der Waals surface area contributed by atoms with Crippen molar-refractivity contribution >= 4 is 116 Å². The lowest BCUT2D eigenvalue weighted by molar-refractivity contribution is 0.103. The molecule has 21 heteroatoms. The second kappa shape index (κ2) is 27.1. The molecule has 0 bridgehead atoms. The summed E-state index contributed by atoms with van der Waals surface area (Å²) in [6, 6.07) is 46.5. The van der Waals surface area contributed by atoms with Crippen LogP contribution in [0.5, 0.6) is 23.1 Å². The zero-order valence-electron chi connectivity index (χ0n) is 53.4. The van der Waals surface area contributed by atoms with Crippen molar-refractivity contribution in [1.29, 1.82) is 0 Å². The van der Waals surface area contributed by atoms with Crippen LogP contribution >= 0.6 is 56.7 Å². The Kier molecular flexibility index (Phi) is 18.2. The number of anilines is 2.